The lowest BCUT2D eigenvalue weighted by Crippen LogP contribution is -2.39. The molecule has 0 unspecified atom stereocenters. The van der Waals surface area contributed by atoms with E-state index >= 15 is 0 Å². The lowest BCUT2D eigenvalue weighted by atomic mass is 9.95. The van der Waals surface area contributed by atoms with Crippen molar-refractivity contribution in [2.24, 2.45) is 0 Å². The van der Waals surface area contributed by atoms with Crippen molar-refractivity contribution in [3.05, 3.63) is 89.5 Å². The molecule has 2 amide bonds. The maximum absolute atomic E-state index is 13.8. The Morgan fingerprint density at radius 1 is 1.28 bits per heavy atom. The number of benzene rings is 2. The number of hydrogen-bond acceptors (Lipinski definition) is 3. The molecule has 32 heavy (non-hydrogen) atoms. The van der Waals surface area contributed by atoms with Gasteiger partial charge in [0.1, 0.15) is 24.0 Å². The highest BCUT2D eigenvalue weighted by molar-refractivity contribution is 6.04. The number of hydrogen-bond donors (Lipinski definition) is 2. The highest BCUT2D eigenvalue weighted by Gasteiger charge is 2.27. The number of nitrogens with zero attached hydrogens (tertiary/aromatic N) is 1. The fourth-order valence-electron chi connectivity index (χ4n) is 3.36. The van der Waals surface area contributed by atoms with Crippen LogP contribution in [0.1, 0.15) is 30.5 Å². The van der Waals surface area contributed by atoms with Crippen LogP contribution in [0.4, 0.5) is 25.0 Å². The van der Waals surface area contributed by atoms with Crippen molar-refractivity contribution in [1.29, 1.82) is 0 Å². The molecule has 0 fully saturated rings. The molecule has 1 aliphatic heterocycles. The number of rotatable bonds is 7. The topological polar surface area (TPSA) is 61.8 Å². The van der Waals surface area contributed by atoms with Crippen LogP contribution < -0.4 is 15.0 Å². The zero-order chi connectivity index (χ0) is 23.6. The molecule has 0 atom stereocenters. The van der Waals surface area contributed by atoms with E-state index in [0.717, 1.165) is 17.2 Å². The molecule has 0 saturated carbocycles. The second-order valence-electron chi connectivity index (χ2n) is 8.12. The van der Waals surface area contributed by atoms with Gasteiger partial charge in [0.25, 0.3) is 0 Å². The molecule has 2 aromatic carbocycles. The summed E-state index contributed by atoms with van der Waals surface area (Å²) < 4.78 is 32.9. The van der Waals surface area contributed by atoms with E-state index < -0.39 is 17.3 Å². The minimum atomic E-state index is -1.03. The lowest BCUT2D eigenvalue weighted by molar-refractivity contribution is 0.0786. The average molecular weight is 440 g/mol. The van der Waals surface area contributed by atoms with E-state index in [1.807, 2.05) is 19.1 Å². The summed E-state index contributed by atoms with van der Waals surface area (Å²) in [5.74, 6) is -1.44. The van der Waals surface area contributed by atoms with Crippen molar-refractivity contribution >= 4 is 17.4 Å². The van der Waals surface area contributed by atoms with Gasteiger partial charge in [-0.3, -0.25) is 4.90 Å². The number of nitrogens with one attached hydrogen (secondary N) is 1. The van der Waals surface area contributed by atoms with E-state index in [9.17, 15) is 18.7 Å². The van der Waals surface area contributed by atoms with Gasteiger partial charge in [-0.1, -0.05) is 31.4 Å². The molecule has 0 aliphatic carbocycles. The average Bonchev–Trinajstić information content (AvgIpc) is 2.73. The SMILES string of the molecule is C=C/C(F)=C(/COc1ccc(C)c(N2Cc3ccc(C(C)(C)O)cc3NC2=O)c1)C(=C)F. The summed E-state index contributed by atoms with van der Waals surface area (Å²) in [7, 11) is 0. The number of halogens is 2. The molecule has 1 heterocycles. The van der Waals surface area contributed by atoms with Crippen LogP contribution in [0.3, 0.4) is 0 Å². The molecule has 0 bridgehead atoms. The Morgan fingerprint density at radius 3 is 2.62 bits per heavy atom. The van der Waals surface area contributed by atoms with E-state index in [4.69, 9.17) is 4.74 Å². The molecule has 2 N–H and O–H groups in total. The Balaban J connectivity index is 1.86. The van der Waals surface area contributed by atoms with Crippen molar-refractivity contribution in [2.45, 2.75) is 32.9 Å². The quantitative estimate of drug-likeness (QED) is 0.516. The fourth-order valence-corrected chi connectivity index (χ4v) is 3.36. The molecule has 7 heteroatoms. The molecule has 3 rings (SSSR count). The van der Waals surface area contributed by atoms with E-state index in [1.165, 1.54) is 0 Å². The summed E-state index contributed by atoms with van der Waals surface area (Å²) >= 11 is 0. The molecular weight excluding hydrogens is 414 g/mol. The van der Waals surface area contributed by atoms with Gasteiger partial charge >= 0.3 is 6.03 Å². The number of carbonyl (C=O) groups excluding carboxylic acids is 1. The number of aliphatic hydroxyl groups is 1. The predicted octanol–water partition coefficient (Wildman–Crippen LogP) is 6.05. The van der Waals surface area contributed by atoms with Crippen molar-refractivity contribution in [1.82, 2.24) is 0 Å². The number of fused-ring (bicyclic) bond motifs is 1. The first-order valence-corrected chi connectivity index (χ1v) is 10.0. The van der Waals surface area contributed by atoms with Crippen LogP contribution in [0.25, 0.3) is 0 Å². The summed E-state index contributed by atoms with van der Waals surface area (Å²) in [5, 5.41) is 13.1. The summed E-state index contributed by atoms with van der Waals surface area (Å²) in [6.07, 6.45) is 0.892. The van der Waals surface area contributed by atoms with Crippen LogP contribution in [0.2, 0.25) is 0 Å². The largest absolute Gasteiger partial charge is 0.489 e. The first-order chi connectivity index (χ1) is 15.0. The number of amides is 2. The maximum atomic E-state index is 13.8. The van der Waals surface area contributed by atoms with Crippen LogP contribution in [0.15, 0.2) is 72.9 Å². The highest BCUT2D eigenvalue weighted by Crippen LogP contribution is 2.34. The Morgan fingerprint density at radius 2 is 2.00 bits per heavy atom. The number of anilines is 2. The summed E-state index contributed by atoms with van der Waals surface area (Å²) in [6, 6.07) is 10.2. The first-order valence-electron chi connectivity index (χ1n) is 10.0. The van der Waals surface area contributed by atoms with Gasteiger partial charge in [0, 0.05) is 11.8 Å². The highest BCUT2D eigenvalue weighted by atomic mass is 19.1. The van der Waals surface area contributed by atoms with Gasteiger partial charge in [0.05, 0.1) is 23.4 Å². The standard InChI is InChI=1S/C25H26F2N2O3/c1-6-21(27)20(16(3)26)14-32-19-10-7-15(2)23(12-19)29-13-17-8-9-18(25(4,5)31)11-22(17)28-24(29)30/h6-12,31H,1,3,13-14H2,2,4-5H3,(H,28,30)/b21-20+. The van der Waals surface area contributed by atoms with Crippen molar-refractivity contribution in [3.8, 4) is 5.75 Å². The summed E-state index contributed by atoms with van der Waals surface area (Å²) in [6.45, 7) is 11.6. The molecule has 2 aromatic rings. The molecule has 5 nitrogen and oxygen atoms in total. The zero-order valence-corrected chi connectivity index (χ0v) is 18.3. The molecule has 0 radical (unpaired) electrons. The van der Waals surface area contributed by atoms with Crippen LogP contribution >= 0.6 is 0 Å². The second-order valence-corrected chi connectivity index (χ2v) is 8.12. The molecule has 168 valence electrons. The van der Waals surface area contributed by atoms with Gasteiger partial charge in [-0.05, 0) is 55.7 Å². The number of urea groups is 1. The third kappa shape index (κ3) is 4.89. The molecule has 0 spiro atoms. The lowest BCUT2D eigenvalue weighted by Gasteiger charge is -2.31. The monoisotopic (exact) mass is 440 g/mol. The van der Waals surface area contributed by atoms with Gasteiger partial charge in [-0.25, -0.2) is 13.6 Å². The number of aryl methyl sites for hydroxylation is 1. The minimum absolute atomic E-state index is 0.315. The second kappa shape index (κ2) is 8.96. The molecule has 1 aliphatic rings. The number of allylic oxidation sites excluding steroid dienone is 2. The smallest absolute Gasteiger partial charge is 0.326 e. The number of carbonyl (C=O) groups is 1. The third-order valence-corrected chi connectivity index (χ3v) is 5.28. The van der Waals surface area contributed by atoms with Crippen molar-refractivity contribution in [3.63, 3.8) is 0 Å². The van der Waals surface area contributed by atoms with Crippen LogP contribution in [-0.4, -0.2) is 17.7 Å². The van der Waals surface area contributed by atoms with E-state index in [1.54, 1.807) is 43.0 Å². The van der Waals surface area contributed by atoms with E-state index in [-0.39, 0.29) is 18.2 Å². The molecule has 0 saturated heterocycles. The molecule has 0 aromatic heterocycles. The van der Waals surface area contributed by atoms with Crippen LogP contribution in [-0.2, 0) is 12.1 Å². The van der Waals surface area contributed by atoms with Gasteiger partial charge in [0.2, 0.25) is 0 Å². The maximum Gasteiger partial charge on any atom is 0.326 e. The Bertz CT molecular complexity index is 1120. The third-order valence-electron chi connectivity index (χ3n) is 5.28. The normalized spacial score (nSPS) is 14.3. The van der Waals surface area contributed by atoms with Crippen LogP contribution in [0.5, 0.6) is 5.75 Å². The van der Waals surface area contributed by atoms with Crippen LogP contribution in [0, 0.1) is 6.92 Å². The van der Waals surface area contributed by atoms with E-state index in [0.29, 0.717) is 29.2 Å². The predicted molar refractivity (Wildman–Crippen MR) is 122 cm³/mol. The molecular formula is C25H26F2N2O3. The van der Waals surface area contributed by atoms with Gasteiger partial charge in [-0.15, -0.1) is 0 Å². The van der Waals surface area contributed by atoms with Gasteiger partial charge in [-0.2, -0.15) is 0 Å². The van der Waals surface area contributed by atoms with Crippen molar-refractivity contribution in [2.75, 3.05) is 16.8 Å². The number of ether oxygens (including phenoxy) is 1. The Labute approximate surface area is 186 Å². The summed E-state index contributed by atoms with van der Waals surface area (Å²) in [5.41, 5.74) is 2.30. The Hall–Kier alpha value is -3.45. The van der Waals surface area contributed by atoms with Gasteiger partial charge < -0.3 is 15.2 Å². The first kappa shape index (κ1) is 23.2. The Kier molecular flexibility index (Phi) is 6.50. The van der Waals surface area contributed by atoms with Crippen molar-refractivity contribution < 1.29 is 23.4 Å². The summed E-state index contributed by atoms with van der Waals surface area (Å²) in [4.78, 5) is 14.4. The van der Waals surface area contributed by atoms with Gasteiger partial charge in [0.15, 0.2) is 0 Å². The zero-order valence-electron chi connectivity index (χ0n) is 18.3. The fraction of sp³-hybridized carbons (Fsp3) is 0.240. The minimum Gasteiger partial charge on any atom is -0.489 e. The van der Waals surface area contributed by atoms with E-state index in [2.05, 4.69) is 18.5 Å².